The van der Waals surface area contributed by atoms with Crippen molar-refractivity contribution in [3.8, 4) is 0 Å². The highest BCUT2D eigenvalue weighted by Crippen LogP contribution is 2.16. The van der Waals surface area contributed by atoms with Crippen LogP contribution in [-0.2, 0) is 6.42 Å². The predicted octanol–water partition coefficient (Wildman–Crippen LogP) is 2.88. The number of benzene rings is 1. The molecule has 1 rings (SSSR count). The molecule has 1 aromatic rings. The summed E-state index contributed by atoms with van der Waals surface area (Å²) in [5.41, 5.74) is 0.327. The second kappa shape index (κ2) is 6.39. The summed E-state index contributed by atoms with van der Waals surface area (Å²) in [5.74, 6) is 0.594. The lowest BCUT2D eigenvalue weighted by Crippen LogP contribution is -2.40. The van der Waals surface area contributed by atoms with Gasteiger partial charge in [0.25, 0.3) is 0 Å². The summed E-state index contributed by atoms with van der Waals surface area (Å²) < 4.78 is 0. The van der Waals surface area contributed by atoms with Crippen molar-refractivity contribution in [3.05, 3.63) is 34.9 Å². The molecule has 17 heavy (non-hydrogen) atoms. The fraction of sp³-hybridized carbons (Fsp3) is 0.571. The average Bonchev–Trinajstić information content (AvgIpc) is 2.15. The van der Waals surface area contributed by atoms with Crippen molar-refractivity contribution in [2.75, 3.05) is 13.1 Å². The van der Waals surface area contributed by atoms with Gasteiger partial charge in [-0.25, -0.2) is 0 Å². The van der Waals surface area contributed by atoms with Crippen LogP contribution in [0.5, 0.6) is 0 Å². The van der Waals surface area contributed by atoms with Crippen LogP contribution in [-0.4, -0.2) is 23.8 Å². The third kappa shape index (κ3) is 6.06. The Hall–Kier alpha value is -0.570. The summed E-state index contributed by atoms with van der Waals surface area (Å²) in [7, 11) is 0. The van der Waals surface area contributed by atoms with Gasteiger partial charge in [-0.15, -0.1) is 0 Å². The van der Waals surface area contributed by atoms with Gasteiger partial charge in [0, 0.05) is 18.0 Å². The molecule has 0 fully saturated rings. The second-order valence-electron chi connectivity index (χ2n) is 5.33. The molecule has 0 aliphatic rings. The smallest absolute Gasteiger partial charge is 0.0783 e. The SMILES string of the molecule is CC(C)CNCC(C)(O)Cc1cccc(Cl)c1. The van der Waals surface area contributed by atoms with Gasteiger partial charge >= 0.3 is 0 Å². The van der Waals surface area contributed by atoms with E-state index in [1.54, 1.807) is 0 Å². The molecular weight excluding hydrogens is 234 g/mol. The molecule has 0 saturated heterocycles. The highest BCUT2D eigenvalue weighted by Gasteiger charge is 2.20. The number of hydrogen-bond acceptors (Lipinski definition) is 2. The van der Waals surface area contributed by atoms with Gasteiger partial charge in [0.15, 0.2) is 0 Å². The second-order valence-corrected chi connectivity index (χ2v) is 5.76. The first-order valence-electron chi connectivity index (χ1n) is 6.06. The molecule has 0 bridgehead atoms. The summed E-state index contributed by atoms with van der Waals surface area (Å²) in [5, 5.41) is 14.3. The zero-order valence-electron chi connectivity index (χ0n) is 10.8. The molecule has 3 heteroatoms. The maximum atomic E-state index is 10.3. The normalized spacial score (nSPS) is 14.9. The van der Waals surface area contributed by atoms with Crippen molar-refractivity contribution in [2.45, 2.75) is 32.8 Å². The Labute approximate surface area is 109 Å². The van der Waals surface area contributed by atoms with E-state index < -0.39 is 5.60 Å². The molecule has 0 heterocycles. The van der Waals surface area contributed by atoms with Gasteiger partial charge in [-0.1, -0.05) is 37.6 Å². The Morgan fingerprint density at radius 2 is 2.12 bits per heavy atom. The van der Waals surface area contributed by atoms with Crippen LogP contribution in [0.3, 0.4) is 0 Å². The van der Waals surface area contributed by atoms with Gasteiger partial charge in [0.1, 0.15) is 0 Å². The van der Waals surface area contributed by atoms with Crippen molar-refractivity contribution < 1.29 is 5.11 Å². The first-order valence-corrected chi connectivity index (χ1v) is 6.44. The molecule has 0 radical (unpaired) electrons. The molecule has 0 aliphatic carbocycles. The first-order chi connectivity index (χ1) is 7.89. The fourth-order valence-corrected chi connectivity index (χ4v) is 1.99. The molecule has 0 saturated carbocycles. The quantitative estimate of drug-likeness (QED) is 0.819. The van der Waals surface area contributed by atoms with Crippen LogP contribution in [0, 0.1) is 5.92 Å². The number of halogens is 1. The Balaban J connectivity index is 2.48. The van der Waals surface area contributed by atoms with Gasteiger partial charge in [0.2, 0.25) is 0 Å². The van der Waals surface area contributed by atoms with Gasteiger partial charge in [0.05, 0.1) is 5.60 Å². The van der Waals surface area contributed by atoms with E-state index in [0.717, 1.165) is 12.1 Å². The molecule has 0 amide bonds. The van der Waals surface area contributed by atoms with E-state index in [2.05, 4.69) is 19.2 Å². The molecule has 1 aromatic carbocycles. The molecule has 2 nitrogen and oxygen atoms in total. The van der Waals surface area contributed by atoms with Crippen molar-refractivity contribution in [1.29, 1.82) is 0 Å². The van der Waals surface area contributed by atoms with Crippen molar-refractivity contribution in [1.82, 2.24) is 5.32 Å². The van der Waals surface area contributed by atoms with Crippen LogP contribution in [0.4, 0.5) is 0 Å². The summed E-state index contributed by atoms with van der Waals surface area (Å²) in [6, 6.07) is 7.65. The van der Waals surface area contributed by atoms with Crippen LogP contribution < -0.4 is 5.32 Å². The van der Waals surface area contributed by atoms with Gasteiger partial charge in [-0.2, -0.15) is 0 Å². The highest BCUT2D eigenvalue weighted by atomic mass is 35.5. The maximum absolute atomic E-state index is 10.3. The minimum atomic E-state index is -0.737. The monoisotopic (exact) mass is 255 g/mol. The molecule has 96 valence electrons. The van der Waals surface area contributed by atoms with Crippen LogP contribution in [0.1, 0.15) is 26.3 Å². The predicted molar refractivity (Wildman–Crippen MR) is 73.5 cm³/mol. The fourth-order valence-electron chi connectivity index (χ4n) is 1.78. The molecular formula is C14H22ClNO. The van der Waals surface area contributed by atoms with Crippen molar-refractivity contribution in [2.24, 2.45) is 5.92 Å². The lowest BCUT2D eigenvalue weighted by Gasteiger charge is -2.24. The van der Waals surface area contributed by atoms with Crippen molar-refractivity contribution >= 4 is 11.6 Å². The molecule has 0 aliphatic heterocycles. The standard InChI is InChI=1S/C14H22ClNO/c1-11(2)9-16-10-14(3,17)8-12-5-4-6-13(15)7-12/h4-7,11,16-17H,8-10H2,1-3H3. The topological polar surface area (TPSA) is 32.3 Å². The van der Waals surface area contributed by atoms with Crippen LogP contribution >= 0.6 is 11.6 Å². The largest absolute Gasteiger partial charge is 0.389 e. The Bertz CT molecular complexity index is 350. The lowest BCUT2D eigenvalue weighted by molar-refractivity contribution is 0.0596. The van der Waals surface area contributed by atoms with E-state index in [1.165, 1.54) is 0 Å². The van der Waals surface area contributed by atoms with Crippen LogP contribution in [0.2, 0.25) is 5.02 Å². The lowest BCUT2D eigenvalue weighted by atomic mass is 9.96. The minimum absolute atomic E-state index is 0.594. The Kier molecular flexibility index (Phi) is 5.44. The number of rotatable bonds is 6. The van der Waals surface area contributed by atoms with Gasteiger partial charge in [-0.3, -0.25) is 0 Å². The number of hydrogen-bond donors (Lipinski definition) is 2. The van der Waals surface area contributed by atoms with Crippen LogP contribution in [0.25, 0.3) is 0 Å². The summed E-state index contributed by atoms with van der Waals surface area (Å²) in [6.45, 7) is 7.67. The van der Waals surface area contributed by atoms with E-state index in [4.69, 9.17) is 11.6 Å². The zero-order valence-corrected chi connectivity index (χ0v) is 11.6. The summed E-state index contributed by atoms with van der Waals surface area (Å²) >= 11 is 5.92. The van der Waals surface area contributed by atoms with E-state index in [-0.39, 0.29) is 0 Å². The first kappa shape index (κ1) is 14.5. The van der Waals surface area contributed by atoms with Gasteiger partial charge in [-0.05, 0) is 37.1 Å². The Morgan fingerprint density at radius 3 is 2.71 bits per heavy atom. The van der Waals surface area contributed by atoms with E-state index in [9.17, 15) is 5.11 Å². The van der Waals surface area contributed by atoms with E-state index in [1.807, 2.05) is 31.2 Å². The highest BCUT2D eigenvalue weighted by molar-refractivity contribution is 6.30. The molecule has 0 spiro atoms. The van der Waals surface area contributed by atoms with Crippen LogP contribution in [0.15, 0.2) is 24.3 Å². The van der Waals surface area contributed by atoms with Crippen molar-refractivity contribution in [3.63, 3.8) is 0 Å². The zero-order chi connectivity index (χ0) is 12.9. The summed E-state index contributed by atoms with van der Waals surface area (Å²) in [4.78, 5) is 0. The maximum Gasteiger partial charge on any atom is 0.0783 e. The molecule has 1 atom stereocenters. The van der Waals surface area contributed by atoms with E-state index >= 15 is 0 Å². The Morgan fingerprint density at radius 1 is 1.41 bits per heavy atom. The third-order valence-corrected chi connectivity index (χ3v) is 2.77. The number of aliphatic hydroxyl groups is 1. The molecule has 0 aromatic heterocycles. The average molecular weight is 256 g/mol. The minimum Gasteiger partial charge on any atom is -0.389 e. The van der Waals surface area contributed by atoms with Gasteiger partial charge < -0.3 is 10.4 Å². The summed E-state index contributed by atoms with van der Waals surface area (Å²) in [6.07, 6.45) is 0.610. The third-order valence-electron chi connectivity index (χ3n) is 2.53. The number of nitrogens with one attached hydrogen (secondary N) is 1. The van der Waals surface area contributed by atoms with E-state index in [0.29, 0.717) is 23.9 Å². The molecule has 1 unspecified atom stereocenters. The molecule has 2 N–H and O–H groups in total.